The second-order valence-electron chi connectivity index (χ2n) is 7.10. The number of nitrogens with two attached hydrogens (primary N) is 1. The standard InChI is InChI=1S/C18H26N2O4/c1-11(2)15(17(23)24-10-14(19)21)20-16(22)12-6-8-13(9-7-12)18(3,4)5/h6-9,11,15H,10H2,1-5H3,(H2,19,21)(H,20,22). The van der Waals surface area contributed by atoms with Crippen LogP contribution in [0.5, 0.6) is 0 Å². The summed E-state index contributed by atoms with van der Waals surface area (Å²) in [6, 6.07) is 6.39. The van der Waals surface area contributed by atoms with Gasteiger partial charge in [0.25, 0.3) is 11.8 Å². The number of ether oxygens (including phenoxy) is 1. The number of carbonyl (C=O) groups excluding carboxylic acids is 3. The Hall–Kier alpha value is -2.37. The molecule has 1 rings (SSSR count). The third-order valence-corrected chi connectivity index (χ3v) is 3.58. The maximum Gasteiger partial charge on any atom is 0.329 e. The van der Waals surface area contributed by atoms with Crippen molar-refractivity contribution in [1.29, 1.82) is 0 Å². The van der Waals surface area contributed by atoms with E-state index in [-0.39, 0.29) is 17.2 Å². The summed E-state index contributed by atoms with van der Waals surface area (Å²) in [6.45, 7) is 9.32. The van der Waals surface area contributed by atoms with Crippen LogP contribution in [0.15, 0.2) is 24.3 Å². The van der Waals surface area contributed by atoms with E-state index in [0.29, 0.717) is 5.56 Å². The Balaban J connectivity index is 2.82. The monoisotopic (exact) mass is 334 g/mol. The Kier molecular flexibility index (Phi) is 6.51. The second kappa shape index (κ2) is 7.95. The number of esters is 1. The van der Waals surface area contributed by atoms with Crippen molar-refractivity contribution in [1.82, 2.24) is 5.32 Å². The Bertz CT molecular complexity index is 600. The quantitative estimate of drug-likeness (QED) is 0.775. The van der Waals surface area contributed by atoms with E-state index in [2.05, 4.69) is 26.1 Å². The maximum absolute atomic E-state index is 12.4. The topological polar surface area (TPSA) is 98.5 Å². The molecule has 0 aliphatic heterocycles. The number of benzene rings is 1. The molecule has 1 aromatic rings. The highest BCUT2D eigenvalue weighted by molar-refractivity contribution is 5.97. The van der Waals surface area contributed by atoms with E-state index < -0.39 is 24.5 Å². The molecule has 2 amide bonds. The van der Waals surface area contributed by atoms with Gasteiger partial charge >= 0.3 is 5.97 Å². The number of primary amides is 1. The van der Waals surface area contributed by atoms with Gasteiger partial charge in [0.15, 0.2) is 6.61 Å². The summed E-state index contributed by atoms with van der Waals surface area (Å²) in [5.41, 5.74) is 6.52. The minimum absolute atomic E-state index is 0.00591. The molecule has 0 spiro atoms. The average Bonchev–Trinajstić information content (AvgIpc) is 2.48. The van der Waals surface area contributed by atoms with Gasteiger partial charge in [-0.3, -0.25) is 9.59 Å². The third kappa shape index (κ3) is 5.68. The van der Waals surface area contributed by atoms with Crippen LogP contribution in [0.4, 0.5) is 0 Å². The van der Waals surface area contributed by atoms with Crippen LogP contribution >= 0.6 is 0 Å². The van der Waals surface area contributed by atoms with Gasteiger partial charge < -0.3 is 15.8 Å². The van der Waals surface area contributed by atoms with Crippen LogP contribution in [-0.2, 0) is 19.7 Å². The van der Waals surface area contributed by atoms with Gasteiger partial charge in [-0.15, -0.1) is 0 Å². The Labute approximate surface area is 142 Å². The summed E-state index contributed by atoms with van der Waals surface area (Å²) in [5, 5.41) is 2.65. The van der Waals surface area contributed by atoms with E-state index in [0.717, 1.165) is 5.56 Å². The van der Waals surface area contributed by atoms with Crippen LogP contribution in [0.1, 0.15) is 50.5 Å². The van der Waals surface area contributed by atoms with Gasteiger partial charge in [0.2, 0.25) is 0 Å². The van der Waals surface area contributed by atoms with E-state index in [1.807, 2.05) is 12.1 Å². The molecule has 0 heterocycles. The minimum atomic E-state index is -0.848. The van der Waals surface area contributed by atoms with Gasteiger partial charge in [-0.25, -0.2) is 4.79 Å². The number of hydrogen-bond donors (Lipinski definition) is 2. The lowest BCUT2D eigenvalue weighted by atomic mass is 9.86. The summed E-state index contributed by atoms with van der Waals surface area (Å²) in [5.74, 6) is -1.98. The molecule has 0 aliphatic carbocycles. The fourth-order valence-corrected chi connectivity index (χ4v) is 2.08. The lowest BCUT2D eigenvalue weighted by Crippen LogP contribution is -2.46. The molecule has 1 unspecified atom stereocenters. The first-order chi connectivity index (χ1) is 11.0. The van der Waals surface area contributed by atoms with Gasteiger partial charge in [-0.1, -0.05) is 46.8 Å². The highest BCUT2D eigenvalue weighted by Crippen LogP contribution is 2.22. The van der Waals surface area contributed by atoms with Gasteiger partial charge in [-0.05, 0) is 29.0 Å². The molecule has 1 atom stereocenters. The molecular weight excluding hydrogens is 308 g/mol. The molecule has 0 fully saturated rings. The number of rotatable bonds is 6. The molecule has 3 N–H and O–H groups in total. The van der Waals surface area contributed by atoms with Crippen LogP contribution in [0.2, 0.25) is 0 Å². The Morgan fingerprint density at radius 1 is 1.12 bits per heavy atom. The minimum Gasteiger partial charge on any atom is -0.454 e. The first kappa shape index (κ1) is 19.7. The van der Waals surface area contributed by atoms with Crippen molar-refractivity contribution in [2.24, 2.45) is 11.7 Å². The molecule has 0 radical (unpaired) electrons. The van der Waals surface area contributed by atoms with Crippen molar-refractivity contribution in [3.8, 4) is 0 Å². The summed E-state index contributed by atoms with van der Waals surface area (Å²) < 4.78 is 4.80. The fraction of sp³-hybridized carbons (Fsp3) is 0.500. The fourth-order valence-electron chi connectivity index (χ4n) is 2.08. The zero-order valence-electron chi connectivity index (χ0n) is 14.9. The van der Waals surface area contributed by atoms with Crippen molar-refractivity contribution >= 4 is 17.8 Å². The molecule has 0 aliphatic rings. The molecule has 6 nitrogen and oxygen atoms in total. The molecule has 132 valence electrons. The van der Waals surface area contributed by atoms with Crippen molar-refractivity contribution in [3.05, 3.63) is 35.4 Å². The molecule has 1 aromatic carbocycles. The predicted molar refractivity (Wildman–Crippen MR) is 91.4 cm³/mol. The maximum atomic E-state index is 12.4. The van der Waals surface area contributed by atoms with Gasteiger partial charge in [-0.2, -0.15) is 0 Å². The largest absolute Gasteiger partial charge is 0.454 e. The van der Waals surface area contributed by atoms with Gasteiger partial charge in [0, 0.05) is 5.56 Å². The predicted octanol–water partition coefficient (Wildman–Crippen LogP) is 1.77. The van der Waals surface area contributed by atoms with E-state index in [1.54, 1.807) is 26.0 Å². The van der Waals surface area contributed by atoms with Crippen molar-refractivity contribution in [3.63, 3.8) is 0 Å². The Morgan fingerprint density at radius 3 is 2.08 bits per heavy atom. The van der Waals surface area contributed by atoms with E-state index in [1.165, 1.54) is 0 Å². The average molecular weight is 334 g/mol. The third-order valence-electron chi connectivity index (χ3n) is 3.58. The molecule has 0 saturated carbocycles. The van der Waals surface area contributed by atoms with Crippen LogP contribution in [0.3, 0.4) is 0 Å². The lowest BCUT2D eigenvalue weighted by Gasteiger charge is -2.21. The van der Waals surface area contributed by atoms with Gasteiger partial charge in [0.1, 0.15) is 6.04 Å². The smallest absolute Gasteiger partial charge is 0.329 e. The highest BCUT2D eigenvalue weighted by Gasteiger charge is 2.26. The summed E-state index contributed by atoms with van der Waals surface area (Å²) in [7, 11) is 0. The summed E-state index contributed by atoms with van der Waals surface area (Å²) in [4.78, 5) is 35.1. The van der Waals surface area contributed by atoms with E-state index in [9.17, 15) is 14.4 Å². The van der Waals surface area contributed by atoms with Crippen molar-refractivity contribution in [2.75, 3.05) is 6.61 Å². The van der Waals surface area contributed by atoms with Crippen LogP contribution in [-0.4, -0.2) is 30.4 Å². The highest BCUT2D eigenvalue weighted by atomic mass is 16.5. The van der Waals surface area contributed by atoms with E-state index >= 15 is 0 Å². The van der Waals surface area contributed by atoms with Crippen LogP contribution in [0, 0.1) is 5.92 Å². The number of hydrogen-bond acceptors (Lipinski definition) is 4. The molecule has 0 bridgehead atoms. The first-order valence-corrected chi connectivity index (χ1v) is 7.88. The molecule has 0 saturated heterocycles. The number of nitrogens with one attached hydrogen (secondary N) is 1. The van der Waals surface area contributed by atoms with Crippen molar-refractivity contribution in [2.45, 2.75) is 46.1 Å². The van der Waals surface area contributed by atoms with Crippen LogP contribution in [0.25, 0.3) is 0 Å². The number of carbonyl (C=O) groups is 3. The first-order valence-electron chi connectivity index (χ1n) is 7.88. The molecular formula is C18H26N2O4. The second-order valence-corrected chi connectivity index (χ2v) is 7.10. The van der Waals surface area contributed by atoms with E-state index in [4.69, 9.17) is 10.5 Å². The lowest BCUT2D eigenvalue weighted by molar-refractivity contribution is -0.150. The zero-order valence-corrected chi connectivity index (χ0v) is 14.9. The van der Waals surface area contributed by atoms with Crippen molar-refractivity contribution < 1.29 is 19.1 Å². The molecule has 24 heavy (non-hydrogen) atoms. The zero-order chi connectivity index (χ0) is 18.5. The van der Waals surface area contributed by atoms with Crippen LogP contribution < -0.4 is 11.1 Å². The summed E-state index contributed by atoms with van der Waals surface area (Å²) in [6.07, 6.45) is 0. The molecule has 6 heteroatoms. The van der Waals surface area contributed by atoms with Gasteiger partial charge in [0.05, 0.1) is 0 Å². The number of amides is 2. The normalized spacial score (nSPS) is 12.6. The summed E-state index contributed by atoms with van der Waals surface area (Å²) >= 11 is 0. The SMILES string of the molecule is CC(C)C(NC(=O)c1ccc(C(C)(C)C)cc1)C(=O)OCC(N)=O. The molecule has 0 aromatic heterocycles. The Morgan fingerprint density at radius 2 is 1.67 bits per heavy atom.